The average molecular weight is 477 g/mol. The van der Waals surface area contributed by atoms with E-state index in [1.807, 2.05) is 18.2 Å². The van der Waals surface area contributed by atoms with Gasteiger partial charge in [0.25, 0.3) is 11.8 Å². The summed E-state index contributed by atoms with van der Waals surface area (Å²) in [5, 5.41) is 11.8. The second kappa shape index (κ2) is 9.02. The van der Waals surface area contributed by atoms with Crippen LogP contribution >= 0.6 is 0 Å². The lowest BCUT2D eigenvalue weighted by Gasteiger charge is -2.30. The molecule has 0 fully saturated rings. The predicted molar refractivity (Wildman–Crippen MR) is 125 cm³/mol. The van der Waals surface area contributed by atoms with Gasteiger partial charge in [-0.3, -0.25) is 4.79 Å². The number of halogens is 3. The Morgan fingerprint density at radius 1 is 0.943 bits per heavy atom. The standard InChI is InChI=1S/C27H22F3N3O2/c1-16-13-14-22(20-10-3-2-9-19(16)20)31-25(34)24-21-11-4-5-12-23(21)32-33-26(24)35-18-8-6-7-17(15-18)27(28,29)30/h2-12,15-16,22H,13-14H2,1H3,(H,31,34). The smallest absolute Gasteiger partial charge is 0.416 e. The zero-order chi connectivity index (χ0) is 24.6. The van der Waals surface area contributed by atoms with Crippen LogP contribution in [0.15, 0.2) is 72.8 Å². The summed E-state index contributed by atoms with van der Waals surface area (Å²) >= 11 is 0. The fourth-order valence-corrected chi connectivity index (χ4v) is 4.56. The number of amides is 1. The van der Waals surface area contributed by atoms with Crippen molar-refractivity contribution < 1.29 is 22.7 Å². The highest BCUT2D eigenvalue weighted by Crippen LogP contribution is 2.38. The van der Waals surface area contributed by atoms with Crippen LogP contribution in [-0.2, 0) is 6.18 Å². The fraction of sp³-hybridized carbons (Fsp3) is 0.222. The Kier molecular flexibility index (Phi) is 5.88. The van der Waals surface area contributed by atoms with Gasteiger partial charge >= 0.3 is 6.18 Å². The zero-order valence-electron chi connectivity index (χ0n) is 18.8. The van der Waals surface area contributed by atoms with Crippen LogP contribution < -0.4 is 10.1 Å². The number of hydrogen-bond acceptors (Lipinski definition) is 4. The van der Waals surface area contributed by atoms with E-state index >= 15 is 0 Å². The first-order valence-corrected chi connectivity index (χ1v) is 11.3. The molecule has 1 aliphatic rings. The molecule has 0 radical (unpaired) electrons. The molecule has 0 saturated carbocycles. The summed E-state index contributed by atoms with van der Waals surface area (Å²) in [6.45, 7) is 2.16. The largest absolute Gasteiger partial charge is 0.437 e. The summed E-state index contributed by atoms with van der Waals surface area (Å²) in [4.78, 5) is 13.6. The van der Waals surface area contributed by atoms with Gasteiger partial charge in [0.15, 0.2) is 0 Å². The minimum atomic E-state index is -4.53. The Balaban J connectivity index is 1.53. The van der Waals surface area contributed by atoms with E-state index in [9.17, 15) is 18.0 Å². The van der Waals surface area contributed by atoms with Crippen molar-refractivity contribution in [2.24, 2.45) is 0 Å². The number of carbonyl (C=O) groups excluding carboxylic acids is 1. The molecular formula is C27H22F3N3O2. The lowest BCUT2D eigenvalue weighted by atomic mass is 9.81. The van der Waals surface area contributed by atoms with Crippen molar-refractivity contribution in [3.8, 4) is 11.6 Å². The van der Waals surface area contributed by atoms with Crippen molar-refractivity contribution in [1.29, 1.82) is 0 Å². The van der Waals surface area contributed by atoms with Crippen LogP contribution in [-0.4, -0.2) is 16.1 Å². The van der Waals surface area contributed by atoms with Gasteiger partial charge in [0.1, 0.15) is 11.3 Å². The number of aromatic nitrogens is 2. The molecule has 1 aromatic heterocycles. The van der Waals surface area contributed by atoms with E-state index in [0.717, 1.165) is 30.5 Å². The lowest BCUT2D eigenvalue weighted by molar-refractivity contribution is -0.137. The minimum absolute atomic E-state index is 0.0877. The zero-order valence-corrected chi connectivity index (χ0v) is 18.8. The van der Waals surface area contributed by atoms with Gasteiger partial charge in [-0.05, 0) is 54.2 Å². The molecule has 8 heteroatoms. The van der Waals surface area contributed by atoms with E-state index < -0.39 is 17.6 Å². The number of nitrogens with one attached hydrogen (secondary N) is 1. The topological polar surface area (TPSA) is 64.1 Å². The van der Waals surface area contributed by atoms with E-state index in [4.69, 9.17) is 4.74 Å². The van der Waals surface area contributed by atoms with Crippen LogP contribution in [0.5, 0.6) is 11.6 Å². The van der Waals surface area contributed by atoms with Crippen LogP contribution in [0.1, 0.15) is 58.8 Å². The number of carbonyl (C=O) groups is 1. The van der Waals surface area contributed by atoms with E-state index in [0.29, 0.717) is 16.8 Å². The normalized spacial score (nSPS) is 17.6. The molecule has 0 aliphatic heterocycles. The summed E-state index contributed by atoms with van der Waals surface area (Å²) < 4.78 is 45.3. The van der Waals surface area contributed by atoms with Crippen LogP contribution in [0, 0.1) is 0 Å². The molecule has 178 valence electrons. The molecule has 2 unspecified atom stereocenters. The molecule has 1 aliphatic carbocycles. The van der Waals surface area contributed by atoms with E-state index in [-0.39, 0.29) is 23.2 Å². The van der Waals surface area contributed by atoms with E-state index in [1.54, 1.807) is 24.3 Å². The number of ether oxygens (including phenoxy) is 1. The van der Waals surface area contributed by atoms with Crippen molar-refractivity contribution in [1.82, 2.24) is 15.5 Å². The molecule has 1 amide bonds. The number of nitrogens with zero attached hydrogens (tertiary/aromatic N) is 2. The third-order valence-corrected chi connectivity index (χ3v) is 6.33. The molecule has 35 heavy (non-hydrogen) atoms. The first-order chi connectivity index (χ1) is 16.8. The third kappa shape index (κ3) is 4.56. The second-order valence-electron chi connectivity index (χ2n) is 8.66. The van der Waals surface area contributed by atoms with Crippen molar-refractivity contribution in [3.63, 3.8) is 0 Å². The summed E-state index contributed by atoms with van der Waals surface area (Å²) in [7, 11) is 0. The Bertz CT molecular complexity index is 1400. The highest BCUT2D eigenvalue weighted by atomic mass is 19.4. The molecule has 3 aromatic carbocycles. The fourth-order valence-electron chi connectivity index (χ4n) is 4.56. The second-order valence-corrected chi connectivity index (χ2v) is 8.66. The maximum Gasteiger partial charge on any atom is 0.416 e. The molecule has 5 nitrogen and oxygen atoms in total. The molecule has 2 atom stereocenters. The lowest BCUT2D eigenvalue weighted by Crippen LogP contribution is -2.32. The van der Waals surface area contributed by atoms with Crippen LogP contribution in [0.2, 0.25) is 0 Å². The van der Waals surface area contributed by atoms with Crippen molar-refractivity contribution in [3.05, 3.63) is 95.1 Å². The van der Waals surface area contributed by atoms with E-state index in [2.05, 4.69) is 28.5 Å². The van der Waals surface area contributed by atoms with Crippen molar-refractivity contribution in [2.75, 3.05) is 0 Å². The van der Waals surface area contributed by atoms with E-state index in [1.165, 1.54) is 17.7 Å². The molecule has 4 aromatic rings. The summed E-state index contributed by atoms with van der Waals surface area (Å²) in [6.07, 6.45) is -2.84. The number of benzene rings is 3. The number of alkyl halides is 3. The molecule has 0 saturated heterocycles. The summed E-state index contributed by atoms with van der Waals surface area (Å²) in [5.74, 6) is -0.275. The third-order valence-electron chi connectivity index (χ3n) is 6.33. The maximum atomic E-state index is 13.6. The van der Waals surface area contributed by atoms with Crippen LogP contribution in [0.4, 0.5) is 13.2 Å². The monoisotopic (exact) mass is 477 g/mol. The van der Waals surface area contributed by atoms with Crippen molar-refractivity contribution >= 4 is 16.8 Å². The Labute approximate surface area is 200 Å². The Morgan fingerprint density at radius 2 is 1.69 bits per heavy atom. The number of hydrogen-bond donors (Lipinski definition) is 1. The van der Waals surface area contributed by atoms with Gasteiger partial charge in [-0.25, -0.2) is 0 Å². The SMILES string of the molecule is CC1CCC(NC(=O)c2c(Oc3cccc(C(F)(F)F)c3)nnc3ccccc23)c2ccccc21. The number of rotatable bonds is 4. The number of fused-ring (bicyclic) bond motifs is 2. The van der Waals surface area contributed by atoms with Gasteiger partial charge in [0.05, 0.1) is 17.1 Å². The molecule has 1 N–H and O–H groups in total. The Hall–Kier alpha value is -3.94. The van der Waals surface area contributed by atoms with Gasteiger partial charge in [0.2, 0.25) is 0 Å². The van der Waals surface area contributed by atoms with Gasteiger partial charge < -0.3 is 10.1 Å². The highest BCUT2D eigenvalue weighted by molar-refractivity contribution is 6.08. The van der Waals surface area contributed by atoms with Crippen molar-refractivity contribution in [2.45, 2.75) is 37.9 Å². The summed E-state index contributed by atoms with van der Waals surface area (Å²) in [5.41, 5.74) is 2.01. The summed E-state index contributed by atoms with van der Waals surface area (Å²) in [6, 6.07) is 19.2. The first kappa shape index (κ1) is 22.8. The Morgan fingerprint density at radius 3 is 2.49 bits per heavy atom. The van der Waals surface area contributed by atoms with Gasteiger partial charge in [-0.15, -0.1) is 10.2 Å². The molecule has 1 heterocycles. The van der Waals surface area contributed by atoms with Gasteiger partial charge in [-0.2, -0.15) is 13.2 Å². The molecular weight excluding hydrogens is 455 g/mol. The maximum absolute atomic E-state index is 13.6. The molecule has 5 rings (SSSR count). The van der Waals surface area contributed by atoms with Crippen LogP contribution in [0.25, 0.3) is 10.9 Å². The molecule has 0 bridgehead atoms. The van der Waals surface area contributed by atoms with Gasteiger partial charge in [-0.1, -0.05) is 55.5 Å². The van der Waals surface area contributed by atoms with Crippen LogP contribution in [0.3, 0.4) is 0 Å². The highest BCUT2D eigenvalue weighted by Gasteiger charge is 2.31. The quantitative estimate of drug-likeness (QED) is 0.351. The minimum Gasteiger partial charge on any atom is -0.437 e. The first-order valence-electron chi connectivity index (χ1n) is 11.3. The average Bonchev–Trinajstić information content (AvgIpc) is 2.85. The predicted octanol–water partition coefficient (Wildman–Crippen LogP) is 6.81. The van der Waals surface area contributed by atoms with Gasteiger partial charge in [0, 0.05) is 5.39 Å². The molecule has 0 spiro atoms.